The topological polar surface area (TPSA) is 68.0 Å². The van der Waals surface area contributed by atoms with E-state index in [1.54, 1.807) is 23.1 Å². The van der Waals surface area contributed by atoms with Crippen molar-refractivity contribution in [1.29, 1.82) is 0 Å². The second-order valence-corrected chi connectivity index (χ2v) is 3.51. The van der Waals surface area contributed by atoms with Gasteiger partial charge < -0.3 is 5.11 Å². The van der Waals surface area contributed by atoms with Crippen LogP contribution in [0.2, 0.25) is 0 Å². The van der Waals surface area contributed by atoms with Crippen LogP contribution in [-0.4, -0.2) is 25.8 Å². The van der Waals surface area contributed by atoms with Gasteiger partial charge in [-0.15, -0.1) is 11.3 Å². The summed E-state index contributed by atoms with van der Waals surface area (Å²) in [5.74, 6) is -0.880. The van der Waals surface area contributed by atoms with Crippen molar-refractivity contribution in [3.8, 4) is 5.13 Å². The minimum absolute atomic E-state index is 0.0572. The van der Waals surface area contributed by atoms with Gasteiger partial charge in [0.05, 0.1) is 12.1 Å². The van der Waals surface area contributed by atoms with Crippen molar-refractivity contribution in [3.05, 3.63) is 29.5 Å². The fraction of sp³-hybridized carbons (Fsp3) is 0.125. The number of hydrogen-bond acceptors (Lipinski definition) is 4. The van der Waals surface area contributed by atoms with Crippen LogP contribution >= 0.6 is 11.3 Å². The van der Waals surface area contributed by atoms with Crippen LogP contribution in [0.1, 0.15) is 5.69 Å². The molecule has 5 nitrogen and oxygen atoms in total. The zero-order valence-corrected chi connectivity index (χ0v) is 7.94. The fourth-order valence-corrected chi connectivity index (χ4v) is 1.62. The summed E-state index contributed by atoms with van der Waals surface area (Å²) in [4.78, 5) is 14.5. The van der Waals surface area contributed by atoms with E-state index in [-0.39, 0.29) is 6.42 Å². The minimum Gasteiger partial charge on any atom is -0.481 e. The molecule has 0 saturated carbocycles. The molecule has 0 unspecified atom stereocenters. The van der Waals surface area contributed by atoms with Gasteiger partial charge in [-0.2, -0.15) is 5.10 Å². The van der Waals surface area contributed by atoms with E-state index in [9.17, 15) is 4.79 Å². The third-order valence-corrected chi connectivity index (χ3v) is 2.35. The predicted octanol–water partition coefficient (Wildman–Crippen LogP) is 0.956. The molecule has 0 aliphatic rings. The van der Waals surface area contributed by atoms with Crippen molar-refractivity contribution in [2.24, 2.45) is 0 Å². The third kappa shape index (κ3) is 1.80. The number of carboxylic acids is 1. The van der Waals surface area contributed by atoms with Crippen LogP contribution in [0.5, 0.6) is 0 Å². The molecular weight excluding hydrogens is 202 g/mol. The quantitative estimate of drug-likeness (QED) is 0.817. The molecule has 0 aliphatic carbocycles. The van der Waals surface area contributed by atoms with Gasteiger partial charge in [-0.05, 0) is 6.07 Å². The molecule has 2 heterocycles. The first-order valence-corrected chi connectivity index (χ1v) is 4.80. The van der Waals surface area contributed by atoms with Crippen LogP contribution in [0.3, 0.4) is 0 Å². The first-order chi connectivity index (χ1) is 6.75. The molecular formula is C8H7N3O2S. The maximum absolute atomic E-state index is 10.4. The van der Waals surface area contributed by atoms with Crippen LogP contribution < -0.4 is 0 Å². The maximum Gasteiger partial charge on any atom is 0.309 e. The Hall–Kier alpha value is -1.69. The molecule has 2 aromatic rings. The Morgan fingerprint density at radius 3 is 3.14 bits per heavy atom. The van der Waals surface area contributed by atoms with Gasteiger partial charge in [0, 0.05) is 17.8 Å². The van der Waals surface area contributed by atoms with E-state index in [1.807, 2.05) is 5.38 Å². The number of rotatable bonds is 3. The predicted molar refractivity (Wildman–Crippen MR) is 50.6 cm³/mol. The SMILES string of the molecule is O=C(O)Cc1ccn(-c2nccs2)n1. The van der Waals surface area contributed by atoms with Crippen molar-refractivity contribution in [3.63, 3.8) is 0 Å². The molecule has 72 valence electrons. The van der Waals surface area contributed by atoms with E-state index < -0.39 is 5.97 Å². The molecule has 0 fully saturated rings. The summed E-state index contributed by atoms with van der Waals surface area (Å²) < 4.78 is 1.57. The Kier molecular flexibility index (Phi) is 2.28. The van der Waals surface area contributed by atoms with Crippen LogP contribution in [-0.2, 0) is 11.2 Å². The summed E-state index contributed by atoms with van der Waals surface area (Å²) in [5, 5.41) is 15.2. The molecule has 14 heavy (non-hydrogen) atoms. The molecule has 0 bridgehead atoms. The first kappa shape index (κ1) is 8.89. The van der Waals surface area contributed by atoms with Crippen molar-refractivity contribution >= 4 is 17.3 Å². The van der Waals surface area contributed by atoms with Gasteiger partial charge in [0.15, 0.2) is 0 Å². The van der Waals surface area contributed by atoms with E-state index in [1.165, 1.54) is 11.3 Å². The normalized spacial score (nSPS) is 10.3. The summed E-state index contributed by atoms with van der Waals surface area (Å²) in [6, 6.07) is 1.68. The molecule has 6 heteroatoms. The number of carbonyl (C=O) groups is 1. The number of aliphatic carboxylic acids is 1. The Bertz CT molecular complexity index is 435. The highest BCUT2D eigenvalue weighted by Gasteiger charge is 2.05. The molecule has 0 spiro atoms. The second kappa shape index (κ2) is 3.59. The van der Waals surface area contributed by atoms with Gasteiger partial charge >= 0.3 is 5.97 Å². The standard InChI is InChI=1S/C8H7N3O2S/c12-7(13)5-6-1-3-11(10-6)8-9-2-4-14-8/h1-4H,5H2,(H,12,13). The number of carboxylic acid groups (broad SMARTS) is 1. The monoisotopic (exact) mass is 209 g/mol. The highest BCUT2D eigenvalue weighted by Crippen LogP contribution is 2.10. The number of hydrogen-bond donors (Lipinski definition) is 1. The van der Waals surface area contributed by atoms with Gasteiger partial charge in [-0.3, -0.25) is 4.79 Å². The van der Waals surface area contributed by atoms with Crippen molar-refractivity contribution in [2.75, 3.05) is 0 Å². The first-order valence-electron chi connectivity index (χ1n) is 3.92. The Morgan fingerprint density at radius 1 is 1.64 bits per heavy atom. The summed E-state index contributed by atoms with van der Waals surface area (Å²) in [6.07, 6.45) is 3.33. The van der Waals surface area contributed by atoms with E-state index >= 15 is 0 Å². The molecule has 2 rings (SSSR count). The molecule has 0 aromatic carbocycles. The summed E-state index contributed by atoms with van der Waals surface area (Å²) >= 11 is 1.45. The number of thiazole rings is 1. The molecule has 0 atom stereocenters. The Morgan fingerprint density at radius 2 is 2.50 bits per heavy atom. The van der Waals surface area contributed by atoms with Gasteiger partial charge in [0.2, 0.25) is 5.13 Å². The van der Waals surface area contributed by atoms with E-state index in [4.69, 9.17) is 5.11 Å². The van der Waals surface area contributed by atoms with Crippen LogP contribution in [0.4, 0.5) is 0 Å². The van der Waals surface area contributed by atoms with Gasteiger partial charge in [-0.25, -0.2) is 9.67 Å². The largest absolute Gasteiger partial charge is 0.481 e. The molecule has 2 aromatic heterocycles. The van der Waals surface area contributed by atoms with E-state index in [2.05, 4.69) is 10.1 Å². The van der Waals surface area contributed by atoms with Gasteiger partial charge in [0.25, 0.3) is 0 Å². The lowest BCUT2D eigenvalue weighted by Crippen LogP contribution is -2.02. The number of aromatic nitrogens is 3. The molecule has 1 N–H and O–H groups in total. The van der Waals surface area contributed by atoms with Crippen molar-refractivity contribution < 1.29 is 9.90 Å². The third-order valence-electron chi connectivity index (χ3n) is 1.59. The summed E-state index contributed by atoms with van der Waals surface area (Å²) in [7, 11) is 0. The molecule has 0 radical (unpaired) electrons. The molecule has 0 saturated heterocycles. The van der Waals surface area contributed by atoms with Gasteiger partial charge in [0.1, 0.15) is 0 Å². The fourth-order valence-electron chi connectivity index (χ4n) is 1.05. The number of nitrogens with zero attached hydrogens (tertiary/aromatic N) is 3. The Labute approximate surface area is 83.6 Å². The zero-order valence-electron chi connectivity index (χ0n) is 7.12. The highest BCUT2D eigenvalue weighted by atomic mass is 32.1. The zero-order chi connectivity index (χ0) is 9.97. The smallest absolute Gasteiger partial charge is 0.309 e. The van der Waals surface area contributed by atoms with E-state index in [0.717, 1.165) is 5.13 Å². The van der Waals surface area contributed by atoms with Crippen LogP contribution in [0.15, 0.2) is 23.8 Å². The lowest BCUT2D eigenvalue weighted by atomic mass is 10.3. The van der Waals surface area contributed by atoms with Gasteiger partial charge in [-0.1, -0.05) is 0 Å². The molecule has 0 aliphatic heterocycles. The van der Waals surface area contributed by atoms with Crippen LogP contribution in [0, 0.1) is 0 Å². The minimum atomic E-state index is -0.880. The van der Waals surface area contributed by atoms with E-state index in [0.29, 0.717) is 5.69 Å². The average molecular weight is 209 g/mol. The lowest BCUT2D eigenvalue weighted by molar-refractivity contribution is -0.136. The molecule has 0 amide bonds. The maximum atomic E-state index is 10.4. The summed E-state index contributed by atoms with van der Waals surface area (Å²) in [6.45, 7) is 0. The van der Waals surface area contributed by atoms with Crippen molar-refractivity contribution in [2.45, 2.75) is 6.42 Å². The Balaban J connectivity index is 2.22. The lowest BCUT2D eigenvalue weighted by Gasteiger charge is -1.92. The average Bonchev–Trinajstić information content (AvgIpc) is 2.69. The summed E-state index contributed by atoms with van der Waals surface area (Å²) in [5.41, 5.74) is 0.535. The highest BCUT2D eigenvalue weighted by molar-refractivity contribution is 7.12. The van der Waals surface area contributed by atoms with Crippen molar-refractivity contribution in [1.82, 2.24) is 14.8 Å². The van der Waals surface area contributed by atoms with Crippen LogP contribution in [0.25, 0.3) is 5.13 Å². The second-order valence-electron chi connectivity index (χ2n) is 2.64.